The molecule has 1 heteroatoms. The summed E-state index contributed by atoms with van der Waals surface area (Å²) in [6.45, 7) is 5.96. The van der Waals surface area contributed by atoms with Crippen LogP contribution in [-0.2, 0) is 4.79 Å². The summed E-state index contributed by atoms with van der Waals surface area (Å²) in [6.07, 6.45) is 2.59. The van der Waals surface area contributed by atoms with Gasteiger partial charge in [-0.15, -0.1) is 0 Å². The van der Waals surface area contributed by atoms with E-state index < -0.39 is 0 Å². The summed E-state index contributed by atoms with van der Waals surface area (Å²) in [5.41, 5.74) is 2.18. The van der Waals surface area contributed by atoms with Crippen molar-refractivity contribution in [2.45, 2.75) is 33.1 Å². The van der Waals surface area contributed by atoms with Crippen LogP contribution in [0.4, 0.5) is 0 Å². The second-order valence-corrected chi connectivity index (χ2v) is 4.00. The maximum absolute atomic E-state index is 11.9. The van der Waals surface area contributed by atoms with Crippen molar-refractivity contribution in [3.05, 3.63) is 47.5 Å². The number of hydrogen-bond donors (Lipinski definition) is 0. The number of benzene rings is 1. The molecule has 1 nitrogen and oxygen atoms in total. The maximum atomic E-state index is 11.9. The molecule has 0 spiro atoms. The zero-order valence-corrected chi connectivity index (χ0v) is 9.66. The Morgan fingerprint density at radius 3 is 2.33 bits per heavy atom. The van der Waals surface area contributed by atoms with Crippen LogP contribution < -0.4 is 0 Å². The minimum atomic E-state index is 0.0149. The second kappa shape index (κ2) is 5.50. The van der Waals surface area contributed by atoms with Crippen LogP contribution in [-0.4, -0.2) is 5.78 Å². The molecule has 1 aromatic carbocycles. The quantitative estimate of drug-likeness (QED) is 0.680. The van der Waals surface area contributed by atoms with Crippen molar-refractivity contribution in [3.8, 4) is 0 Å². The van der Waals surface area contributed by atoms with E-state index in [4.69, 9.17) is 0 Å². The van der Waals surface area contributed by atoms with Crippen LogP contribution in [0.15, 0.2) is 42.0 Å². The maximum Gasteiger partial charge on any atom is 0.163 e. The number of allylic oxidation sites excluding steroid dienone is 2. The van der Waals surface area contributed by atoms with E-state index in [0.717, 1.165) is 17.6 Å². The van der Waals surface area contributed by atoms with Crippen LogP contribution in [0.5, 0.6) is 0 Å². The largest absolute Gasteiger partial charge is 0.294 e. The molecule has 0 fully saturated rings. The third-order valence-corrected chi connectivity index (χ3v) is 2.38. The number of carbonyl (C=O) groups is 1. The number of rotatable bonds is 4. The van der Waals surface area contributed by atoms with E-state index in [1.165, 1.54) is 0 Å². The van der Waals surface area contributed by atoms with Gasteiger partial charge in [-0.3, -0.25) is 4.79 Å². The fourth-order valence-corrected chi connectivity index (χ4v) is 1.67. The molecule has 0 radical (unpaired) electrons. The van der Waals surface area contributed by atoms with E-state index in [2.05, 4.69) is 6.92 Å². The van der Waals surface area contributed by atoms with Crippen molar-refractivity contribution in [2.75, 3.05) is 0 Å². The molecule has 1 aromatic rings. The van der Waals surface area contributed by atoms with Gasteiger partial charge in [0.15, 0.2) is 5.78 Å². The van der Waals surface area contributed by atoms with E-state index in [-0.39, 0.29) is 11.7 Å². The van der Waals surface area contributed by atoms with Gasteiger partial charge in [-0.1, -0.05) is 42.8 Å². The Bertz CT molecular complexity index is 345. The van der Waals surface area contributed by atoms with Gasteiger partial charge in [0.2, 0.25) is 0 Å². The van der Waals surface area contributed by atoms with Crippen LogP contribution in [0.3, 0.4) is 0 Å². The number of hydrogen-bond acceptors (Lipinski definition) is 1. The lowest BCUT2D eigenvalue weighted by Crippen LogP contribution is -2.09. The summed E-state index contributed by atoms with van der Waals surface area (Å²) in [6, 6.07) is 9.97. The molecule has 15 heavy (non-hydrogen) atoms. The lowest BCUT2D eigenvalue weighted by Gasteiger charge is -2.11. The molecule has 1 atom stereocenters. The van der Waals surface area contributed by atoms with Gasteiger partial charge in [0.1, 0.15) is 0 Å². The average molecular weight is 202 g/mol. The Morgan fingerprint density at radius 1 is 1.27 bits per heavy atom. The molecule has 0 amide bonds. The zero-order chi connectivity index (χ0) is 11.3. The Labute approximate surface area is 91.8 Å². The monoisotopic (exact) mass is 202 g/mol. The second-order valence-electron chi connectivity index (χ2n) is 4.00. The predicted molar refractivity (Wildman–Crippen MR) is 63.9 cm³/mol. The summed E-state index contributed by atoms with van der Waals surface area (Å²) < 4.78 is 0. The molecule has 0 aliphatic heterocycles. The minimum Gasteiger partial charge on any atom is -0.294 e. The standard InChI is InChI=1S/C14H18O/c1-4-13(14(15)10-11(2)3)12-8-6-5-7-9-12/h5-10,13H,4H2,1-3H3. The summed E-state index contributed by atoms with van der Waals surface area (Å²) in [5, 5.41) is 0. The number of carbonyl (C=O) groups excluding carboxylic acids is 1. The van der Waals surface area contributed by atoms with Crippen LogP contribution in [0, 0.1) is 0 Å². The van der Waals surface area contributed by atoms with E-state index in [1.54, 1.807) is 6.08 Å². The van der Waals surface area contributed by atoms with Gasteiger partial charge in [0.25, 0.3) is 0 Å². The Hall–Kier alpha value is -1.37. The molecule has 0 aromatic heterocycles. The van der Waals surface area contributed by atoms with Crippen molar-refractivity contribution in [1.29, 1.82) is 0 Å². The highest BCUT2D eigenvalue weighted by molar-refractivity contribution is 5.95. The third kappa shape index (κ3) is 3.35. The van der Waals surface area contributed by atoms with E-state index in [9.17, 15) is 4.79 Å². The van der Waals surface area contributed by atoms with Crippen LogP contribution >= 0.6 is 0 Å². The Kier molecular flexibility index (Phi) is 4.29. The highest BCUT2D eigenvalue weighted by Gasteiger charge is 2.15. The van der Waals surface area contributed by atoms with Gasteiger partial charge in [-0.05, 0) is 31.9 Å². The molecular formula is C14H18O. The van der Waals surface area contributed by atoms with Crippen LogP contribution in [0.1, 0.15) is 38.7 Å². The SMILES string of the molecule is CCC(C(=O)C=C(C)C)c1ccccc1. The Balaban J connectivity index is 2.90. The molecular weight excluding hydrogens is 184 g/mol. The van der Waals surface area contributed by atoms with Gasteiger partial charge in [0, 0.05) is 5.92 Å². The first kappa shape index (κ1) is 11.7. The third-order valence-electron chi connectivity index (χ3n) is 2.38. The lowest BCUT2D eigenvalue weighted by atomic mass is 9.91. The van der Waals surface area contributed by atoms with Gasteiger partial charge in [-0.2, -0.15) is 0 Å². The van der Waals surface area contributed by atoms with E-state index in [0.29, 0.717) is 0 Å². The first-order valence-corrected chi connectivity index (χ1v) is 5.38. The van der Waals surface area contributed by atoms with Crippen molar-refractivity contribution < 1.29 is 4.79 Å². The zero-order valence-electron chi connectivity index (χ0n) is 9.66. The van der Waals surface area contributed by atoms with E-state index >= 15 is 0 Å². The molecule has 80 valence electrons. The van der Waals surface area contributed by atoms with Gasteiger partial charge >= 0.3 is 0 Å². The van der Waals surface area contributed by atoms with E-state index in [1.807, 2.05) is 44.2 Å². The topological polar surface area (TPSA) is 17.1 Å². The smallest absolute Gasteiger partial charge is 0.163 e. The van der Waals surface area contributed by atoms with Crippen molar-refractivity contribution in [1.82, 2.24) is 0 Å². The number of ketones is 1. The fourth-order valence-electron chi connectivity index (χ4n) is 1.67. The molecule has 1 unspecified atom stereocenters. The first-order chi connectivity index (χ1) is 7.15. The molecule has 0 heterocycles. The molecule has 0 saturated heterocycles. The molecule has 0 N–H and O–H groups in total. The van der Waals surface area contributed by atoms with Crippen molar-refractivity contribution in [2.24, 2.45) is 0 Å². The minimum absolute atomic E-state index is 0.0149. The summed E-state index contributed by atoms with van der Waals surface area (Å²) in [5.74, 6) is 0.227. The first-order valence-electron chi connectivity index (χ1n) is 5.38. The van der Waals surface area contributed by atoms with Crippen molar-refractivity contribution >= 4 is 5.78 Å². The van der Waals surface area contributed by atoms with Gasteiger partial charge in [0.05, 0.1) is 0 Å². The fraction of sp³-hybridized carbons (Fsp3) is 0.357. The van der Waals surface area contributed by atoms with Gasteiger partial charge in [-0.25, -0.2) is 0 Å². The van der Waals surface area contributed by atoms with Crippen molar-refractivity contribution in [3.63, 3.8) is 0 Å². The molecule has 0 saturated carbocycles. The predicted octanol–water partition coefficient (Wildman–Crippen LogP) is 3.72. The Morgan fingerprint density at radius 2 is 1.87 bits per heavy atom. The van der Waals surface area contributed by atoms with Crippen LogP contribution in [0.25, 0.3) is 0 Å². The molecule has 0 aliphatic carbocycles. The lowest BCUT2D eigenvalue weighted by molar-refractivity contribution is -0.116. The normalized spacial score (nSPS) is 11.9. The molecule has 1 rings (SSSR count). The summed E-state index contributed by atoms with van der Waals surface area (Å²) in [7, 11) is 0. The summed E-state index contributed by atoms with van der Waals surface area (Å²) >= 11 is 0. The van der Waals surface area contributed by atoms with Crippen LogP contribution in [0.2, 0.25) is 0 Å². The highest BCUT2D eigenvalue weighted by atomic mass is 16.1. The molecule has 0 bridgehead atoms. The highest BCUT2D eigenvalue weighted by Crippen LogP contribution is 2.21. The van der Waals surface area contributed by atoms with Gasteiger partial charge < -0.3 is 0 Å². The summed E-state index contributed by atoms with van der Waals surface area (Å²) in [4.78, 5) is 11.9. The molecule has 0 aliphatic rings. The average Bonchev–Trinajstić information content (AvgIpc) is 2.19.